The molecule has 1 aromatic heterocycles. The molecule has 0 atom stereocenters. The molecule has 0 aliphatic rings. The molecule has 1 heterocycles. The summed E-state index contributed by atoms with van der Waals surface area (Å²) in [5.74, 6) is 0.810. The number of ether oxygens (including phenoxy) is 1. The average Bonchev–Trinajstić information content (AvgIpc) is 2.98. The minimum Gasteiger partial charge on any atom is -0.385 e. The Hall–Kier alpha value is -1.65. The second kappa shape index (κ2) is 14.4. The van der Waals surface area contributed by atoms with Crippen molar-refractivity contribution in [3.05, 3.63) is 52.8 Å². The highest BCUT2D eigenvalue weighted by atomic mass is 127. The van der Waals surface area contributed by atoms with Gasteiger partial charge in [-0.2, -0.15) is 5.10 Å². The molecule has 2 N–H and O–H groups in total. The third-order valence-electron chi connectivity index (χ3n) is 5.04. The first kappa shape index (κ1) is 26.4. The monoisotopic (exact) mass is 528 g/mol. The van der Waals surface area contributed by atoms with Gasteiger partial charge in [-0.1, -0.05) is 30.3 Å². The standard InChI is InChI=1S/C22H36N6O.HI/c1-18-21(19(2)28(26-18)17-20-10-7-6-8-11-20)16-25-22(23-3)24-12-14-27(4)13-9-15-29-5;/h6-8,10-11H,9,12-17H2,1-5H3,(H2,23,24,25);1H. The summed E-state index contributed by atoms with van der Waals surface area (Å²) in [5, 5.41) is 11.5. The van der Waals surface area contributed by atoms with Crippen LogP contribution < -0.4 is 10.6 Å². The highest BCUT2D eigenvalue weighted by Crippen LogP contribution is 2.14. The number of aryl methyl sites for hydroxylation is 1. The van der Waals surface area contributed by atoms with Crippen LogP contribution in [0.4, 0.5) is 0 Å². The molecule has 168 valence electrons. The third-order valence-corrected chi connectivity index (χ3v) is 5.04. The highest BCUT2D eigenvalue weighted by Gasteiger charge is 2.12. The fourth-order valence-corrected chi connectivity index (χ4v) is 3.25. The van der Waals surface area contributed by atoms with Crippen LogP contribution in [0.2, 0.25) is 0 Å². The maximum atomic E-state index is 5.10. The van der Waals surface area contributed by atoms with E-state index in [0.717, 1.165) is 50.9 Å². The Labute approximate surface area is 198 Å². The summed E-state index contributed by atoms with van der Waals surface area (Å²) in [5.41, 5.74) is 4.72. The van der Waals surface area contributed by atoms with E-state index in [2.05, 4.69) is 70.4 Å². The highest BCUT2D eigenvalue weighted by molar-refractivity contribution is 14.0. The molecule has 8 heteroatoms. The van der Waals surface area contributed by atoms with E-state index in [1.165, 1.54) is 16.8 Å². The van der Waals surface area contributed by atoms with Gasteiger partial charge in [0.1, 0.15) is 0 Å². The van der Waals surface area contributed by atoms with E-state index in [-0.39, 0.29) is 24.0 Å². The molecule has 0 amide bonds. The number of nitrogens with zero attached hydrogens (tertiary/aromatic N) is 4. The van der Waals surface area contributed by atoms with Crippen LogP contribution in [-0.4, -0.2) is 68.1 Å². The van der Waals surface area contributed by atoms with Gasteiger partial charge in [0.05, 0.1) is 12.2 Å². The molecule has 0 spiro atoms. The predicted octanol–water partition coefficient (Wildman–Crippen LogP) is 2.80. The Morgan fingerprint density at radius 1 is 1.17 bits per heavy atom. The molecular weight excluding hydrogens is 491 g/mol. The topological polar surface area (TPSA) is 66.7 Å². The van der Waals surface area contributed by atoms with Crippen LogP contribution in [0.25, 0.3) is 0 Å². The van der Waals surface area contributed by atoms with Gasteiger partial charge in [0.2, 0.25) is 0 Å². The van der Waals surface area contributed by atoms with Gasteiger partial charge in [-0.25, -0.2) is 0 Å². The number of methoxy groups -OCH3 is 1. The van der Waals surface area contributed by atoms with Gasteiger partial charge in [0.15, 0.2) is 5.96 Å². The van der Waals surface area contributed by atoms with Gasteiger partial charge in [-0.3, -0.25) is 9.67 Å². The van der Waals surface area contributed by atoms with E-state index in [0.29, 0.717) is 6.54 Å². The van der Waals surface area contributed by atoms with Crippen LogP contribution in [-0.2, 0) is 17.8 Å². The molecule has 30 heavy (non-hydrogen) atoms. The average molecular weight is 528 g/mol. The van der Waals surface area contributed by atoms with Crippen molar-refractivity contribution in [3.63, 3.8) is 0 Å². The van der Waals surface area contributed by atoms with Crippen molar-refractivity contribution in [3.8, 4) is 0 Å². The molecule has 0 aliphatic carbocycles. The first-order valence-corrected chi connectivity index (χ1v) is 10.2. The molecule has 7 nitrogen and oxygen atoms in total. The number of aromatic nitrogens is 2. The molecule has 0 unspecified atom stereocenters. The molecule has 0 saturated heterocycles. The minimum absolute atomic E-state index is 0. The summed E-state index contributed by atoms with van der Waals surface area (Å²) in [4.78, 5) is 6.63. The Bertz CT molecular complexity index is 762. The fraction of sp³-hybridized carbons (Fsp3) is 0.545. The van der Waals surface area contributed by atoms with Gasteiger partial charge in [0.25, 0.3) is 0 Å². The summed E-state index contributed by atoms with van der Waals surface area (Å²) in [7, 11) is 5.67. The maximum absolute atomic E-state index is 5.10. The van der Waals surface area contributed by atoms with E-state index in [1.807, 2.05) is 6.07 Å². The van der Waals surface area contributed by atoms with E-state index >= 15 is 0 Å². The van der Waals surface area contributed by atoms with E-state index < -0.39 is 0 Å². The lowest BCUT2D eigenvalue weighted by atomic mass is 10.2. The molecule has 0 saturated carbocycles. The first-order chi connectivity index (χ1) is 14.0. The fourth-order valence-electron chi connectivity index (χ4n) is 3.25. The Morgan fingerprint density at radius 3 is 2.57 bits per heavy atom. The minimum atomic E-state index is 0. The molecule has 0 radical (unpaired) electrons. The van der Waals surface area contributed by atoms with Gasteiger partial charge in [0, 0.05) is 58.2 Å². The van der Waals surface area contributed by atoms with Crippen LogP contribution in [0.3, 0.4) is 0 Å². The summed E-state index contributed by atoms with van der Waals surface area (Å²) in [6.07, 6.45) is 1.05. The lowest BCUT2D eigenvalue weighted by molar-refractivity contribution is 0.180. The van der Waals surface area contributed by atoms with Crippen LogP contribution in [0.1, 0.15) is 28.9 Å². The van der Waals surface area contributed by atoms with E-state index in [9.17, 15) is 0 Å². The van der Waals surface area contributed by atoms with Gasteiger partial charge in [-0.15, -0.1) is 24.0 Å². The zero-order chi connectivity index (χ0) is 21.1. The number of aliphatic imine (C=N–C) groups is 1. The molecule has 2 aromatic rings. The second-order valence-corrected chi connectivity index (χ2v) is 7.29. The second-order valence-electron chi connectivity index (χ2n) is 7.29. The number of halogens is 1. The zero-order valence-corrected chi connectivity index (χ0v) is 21.3. The summed E-state index contributed by atoms with van der Waals surface area (Å²) < 4.78 is 7.18. The SMILES string of the molecule is CN=C(NCCN(C)CCCOC)NCc1c(C)nn(Cc2ccccc2)c1C.I. The van der Waals surface area contributed by atoms with Crippen LogP contribution >= 0.6 is 24.0 Å². The summed E-state index contributed by atoms with van der Waals surface area (Å²) in [6.45, 7) is 9.32. The number of nitrogens with one attached hydrogen (secondary N) is 2. The summed E-state index contributed by atoms with van der Waals surface area (Å²) >= 11 is 0. The largest absolute Gasteiger partial charge is 0.385 e. The maximum Gasteiger partial charge on any atom is 0.191 e. The van der Waals surface area contributed by atoms with Gasteiger partial charge >= 0.3 is 0 Å². The number of rotatable bonds is 11. The normalized spacial score (nSPS) is 11.5. The molecule has 1 aromatic carbocycles. The van der Waals surface area contributed by atoms with Crippen molar-refractivity contribution < 1.29 is 4.74 Å². The molecular formula is C22H37IN6O. The number of guanidine groups is 1. The molecule has 0 aliphatic heterocycles. The van der Waals surface area contributed by atoms with E-state index in [4.69, 9.17) is 9.84 Å². The van der Waals surface area contributed by atoms with Crippen molar-refractivity contribution >= 4 is 29.9 Å². The quantitative estimate of drug-likeness (QED) is 0.203. The van der Waals surface area contributed by atoms with Crippen molar-refractivity contribution in [1.82, 2.24) is 25.3 Å². The smallest absolute Gasteiger partial charge is 0.191 e. The number of likely N-dealkylation sites (N-methyl/N-ethyl adjacent to an activating group) is 1. The van der Waals surface area contributed by atoms with Crippen molar-refractivity contribution in [2.45, 2.75) is 33.4 Å². The van der Waals surface area contributed by atoms with Crippen molar-refractivity contribution in [2.24, 2.45) is 4.99 Å². The van der Waals surface area contributed by atoms with Crippen molar-refractivity contribution in [1.29, 1.82) is 0 Å². The van der Waals surface area contributed by atoms with Crippen LogP contribution in [0.5, 0.6) is 0 Å². The molecule has 2 rings (SSSR count). The number of hydrogen-bond donors (Lipinski definition) is 2. The predicted molar refractivity (Wildman–Crippen MR) is 135 cm³/mol. The van der Waals surface area contributed by atoms with E-state index in [1.54, 1.807) is 14.2 Å². The Kier molecular flexibility index (Phi) is 12.6. The first-order valence-electron chi connectivity index (χ1n) is 10.2. The van der Waals surface area contributed by atoms with Crippen LogP contribution in [0.15, 0.2) is 35.3 Å². The lowest BCUT2D eigenvalue weighted by Gasteiger charge is -2.18. The van der Waals surface area contributed by atoms with Crippen molar-refractivity contribution in [2.75, 3.05) is 47.4 Å². The number of benzene rings is 1. The summed E-state index contributed by atoms with van der Waals surface area (Å²) in [6, 6.07) is 10.4. The molecule has 0 fully saturated rings. The zero-order valence-electron chi connectivity index (χ0n) is 18.9. The Morgan fingerprint density at radius 2 is 1.90 bits per heavy atom. The van der Waals surface area contributed by atoms with Gasteiger partial charge in [-0.05, 0) is 32.9 Å². The lowest BCUT2D eigenvalue weighted by Crippen LogP contribution is -2.40. The Balaban J connectivity index is 0.00000450. The third kappa shape index (κ3) is 8.61. The molecule has 0 bridgehead atoms. The van der Waals surface area contributed by atoms with Gasteiger partial charge < -0.3 is 20.3 Å². The number of hydrogen-bond acceptors (Lipinski definition) is 4. The van der Waals surface area contributed by atoms with Crippen LogP contribution in [0, 0.1) is 13.8 Å².